The summed E-state index contributed by atoms with van der Waals surface area (Å²) >= 11 is 5.86. The summed E-state index contributed by atoms with van der Waals surface area (Å²) in [4.78, 5) is 11.8. The minimum atomic E-state index is -0.355. The summed E-state index contributed by atoms with van der Waals surface area (Å²) in [6, 6.07) is 8.32. The summed E-state index contributed by atoms with van der Waals surface area (Å²) in [6.07, 6.45) is 0. The van der Waals surface area contributed by atoms with Gasteiger partial charge < -0.3 is 15.5 Å². The number of rotatable bonds is 2. The van der Waals surface area contributed by atoms with Crippen LogP contribution in [-0.4, -0.2) is 5.91 Å². The van der Waals surface area contributed by atoms with Gasteiger partial charge >= 0.3 is 0 Å². The van der Waals surface area contributed by atoms with Crippen molar-refractivity contribution in [3.8, 4) is 0 Å². The lowest BCUT2D eigenvalue weighted by Crippen LogP contribution is -2.11. The van der Waals surface area contributed by atoms with Crippen molar-refractivity contribution in [2.24, 2.45) is 0 Å². The van der Waals surface area contributed by atoms with Crippen LogP contribution < -0.4 is 11.1 Å². The van der Waals surface area contributed by atoms with Crippen LogP contribution in [0.15, 0.2) is 34.7 Å². The maximum absolute atomic E-state index is 11.8. The van der Waals surface area contributed by atoms with E-state index in [1.165, 1.54) is 12.1 Å². The fraction of sp³-hybridized carbons (Fsp3) is 0.0833. The van der Waals surface area contributed by atoms with Crippen molar-refractivity contribution < 1.29 is 9.21 Å². The van der Waals surface area contributed by atoms with Crippen molar-refractivity contribution in [1.82, 2.24) is 0 Å². The first-order valence-corrected chi connectivity index (χ1v) is 5.37. The number of carbonyl (C=O) groups excluding carboxylic acids is 1. The smallest absolute Gasteiger partial charge is 0.291 e. The number of hydrogen-bond acceptors (Lipinski definition) is 3. The molecule has 1 aromatic carbocycles. The molecule has 0 atom stereocenters. The summed E-state index contributed by atoms with van der Waals surface area (Å²) in [5.41, 5.74) is 6.97. The van der Waals surface area contributed by atoms with Gasteiger partial charge in [-0.15, -0.1) is 0 Å². The Morgan fingerprint density at radius 3 is 2.76 bits per heavy atom. The molecule has 0 saturated carbocycles. The first-order valence-electron chi connectivity index (χ1n) is 4.99. The fourth-order valence-electron chi connectivity index (χ4n) is 1.39. The van der Waals surface area contributed by atoms with E-state index >= 15 is 0 Å². The average Bonchev–Trinajstić information content (AvgIpc) is 2.70. The molecular formula is C12H11ClN2O2. The number of carbonyl (C=O) groups is 1. The van der Waals surface area contributed by atoms with Gasteiger partial charge in [0, 0.05) is 16.8 Å². The van der Waals surface area contributed by atoms with Crippen LogP contribution in [0.1, 0.15) is 16.1 Å². The third-order valence-corrected chi connectivity index (χ3v) is 2.53. The monoisotopic (exact) mass is 250 g/mol. The molecule has 0 aliphatic rings. The lowest BCUT2D eigenvalue weighted by Gasteiger charge is -2.07. The SMILES string of the molecule is Cc1ccc(Cl)cc1NC(=O)c1ccc(N)o1. The standard InChI is InChI=1S/C12H11ClN2O2/c1-7-2-3-8(13)6-9(7)15-12(16)10-4-5-11(14)17-10/h2-6H,14H2,1H3,(H,15,16). The van der Waals surface area contributed by atoms with Crippen LogP contribution in [-0.2, 0) is 0 Å². The van der Waals surface area contributed by atoms with Crippen LogP contribution in [0.25, 0.3) is 0 Å². The number of benzene rings is 1. The molecule has 2 rings (SSSR count). The molecule has 0 fully saturated rings. The van der Waals surface area contributed by atoms with E-state index in [1.807, 2.05) is 13.0 Å². The predicted octanol–water partition coefficient (Wildman–Crippen LogP) is 3.08. The van der Waals surface area contributed by atoms with Crippen LogP contribution in [0.5, 0.6) is 0 Å². The molecule has 1 heterocycles. The second-order valence-corrected chi connectivity index (χ2v) is 4.05. The van der Waals surface area contributed by atoms with Crippen LogP contribution in [0, 0.1) is 6.92 Å². The van der Waals surface area contributed by atoms with Gasteiger partial charge in [-0.3, -0.25) is 4.79 Å². The maximum atomic E-state index is 11.8. The van der Waals surface area contributed by atoms with Crippen molar-refractivity contribution in [3.05, 3.63) is 46.7 Å². The Bertz CT molecular complexity index is 563. The zero-order valence-electron chi connectivity index (χ0n) is 9.16. The Kier molecular flexibility index (Phi) is 3.06. The quantitative estimate of drug-likeness (QED) is 0.861. The molecule has 4 nitrogen and oxygen atoms in total. The summed E-state index contributed by atoms with van der Waals surface area (Å²) in [5.74, 6) is 0.0203. The van der Waals surface area contributed by atoms with Gasteiger partial charge in [0.2, 0.25) is 0 Å². The van der Waals surface area contributed by atoms with Gasteiger partial charge in [-0.2, -0.15) is 0 Å². The minimum absolute atomic E-state index is 0.168. The highest BCUT2D eigenvalue weighted by atomic mass is 35.5. The molecule has 0 aliphatic carbocycles. The van der Waals surface area contributed by atoms with Crippen molar-refractivity contribution in [1.29, 1.82) is 0 Å². The van der Waals surface area contributed by atoms with E-state index in [-0.39, 0.29) is 17.6 Å². The third-order valence-electron chi connectivity index (χ3n) is 2.30. The van der Waals surface area contributed by atoms with E-state index in [0.29, 0.717) is 10.7 Å². The number of nitrogens with one attached hydrogen (secondary N) is 1. The second kappa shape index (κ2) is 4.51. The first kappa shape index (κ1) is 11.5. The molecule has 2 aromatic rings. The summed E-state index contributed by atoms with van der Waals surface area (Å²) in [6.45, 7) is 1.88. The number of furan rings is 1. The average molecular weight is 251 g/mol. The predicted molar refractivity (Wildman–Crippen MR) is 67.3 cm³/mol. The lowest BCUT2D eigenvalue weighted by molar-refractivity contribution is 0.0997. The molecule has 0 aliphatic heterocycles. The molecule has 1 aromatic heterocycles. The van der Waals surface area contributed by atoms with Gasteiger partial charge in [0.05, 0.1) is 0 Å². The molecule has 17 heavy (non-hydrogen) atoms. The first-order chi connectivity index (χ1) is 8.06. The normalized spacial score (nSPS) is 10.2. The summed E-state index contributed by atoms with van der Waals surface area (Å²) < 4.78 is 5.02. The Balaban J connectivity index is 2.21. The zero-order chi connectivity index (χ0) is 12.4. The number of amides is 1. The van der Waals surface area contributed by atoms with Crippen LogP contribution in [0.4, 0.5) is 11.6 Å². The van der Waals surface area contributed by atoms with Gasteiger partial charge in [0.1, 0.15) is 0 Å². The molecular weight excluding hydrogens is 240 g/mol. The number of halogens is 1. The van der Waals surface area contributed by atoms with Crippen molar-refractivity contribution >= 4 is 29.1 Å². The Morgan fingerprint density at radius 2 is 2.12 bits per heavy atom. The van der Waals surface area contributed by atoms with Gasteiger partial charge in [0.15, 0.2) is 11.6 Å². The molecule has 0 saturated heterocycles. The minimum Gasteiger partial charge on any atom is -0.436 e. The van der Waals surface area contributed by atoms with E-state index in [9.17, 15) is 4.79 Å². The molecule has 0 radical (unpaired) electrons. The van der Waals surface area contributed by atoms with Crippen molar-refractivity contribution in [3.63, 3.8) is 0 Å². The zero-order valence-corrected chi connectivity index (χ0v) is 9.91. The highest BCUT2D eigenvalue weighted by molar-refractivity contribution is 6.31. The molecule has 0 bridgehead atoms. The Labute approximate surface area is 103 Å². The summed E-state index contributed by atoms with van der Waals surface area (Å²) in [5, 5.41) is 3.27. The third kappa shape index (κ3) is 2.60. The van der Waals surface area contributed by atoms with Crippen LogP contribution >= 0.6 is 11.6 Å². The fourth-order valence-corrected chi connectivity index (χ4v) is 1.56. The van der Waals surface area contributed by atoms with Gasteiger partial charge in [-0.25, -0.2) is 0 Å². The molecule has 1 amide bonds. The van der Waals surface area contributed by atoms with E-state index in [0.717, 1.165) is 5.56 Å². The highest BCUT2D eigenvalue weighted by Crippen LogP contribution is 2.21. The highest BCUT2D eigenvalue weighted by Gasteiger charge is 2.11. The Hall–Kier alpha value is -1.94. The van der Waals surface area contributed by atoms with Gasteiger partial charge in [-0.05, 0) is 30.7 Å². The topological polar surface area (TPSA) is 68.3 Å². The largest absolute Gasteiger partial charge is 0.436 e. The van der Waals surface area contributed by atoms with E-state index in [1.54, 1.807) is 12.1 Å². The molecule has 3 N–H and O–H groups in total. The lowest BCUT2D eigenvalue weighted by atomic mass is 10.2. The molecule has 0 spiro atoms. The number of nitrogen functional groups attached to an aromatic ring is 1. The number of nitrogens with two attached hydrogens (primary N) is 1. The molecule has 0 unspecified atom stereocenters. The van der Waals surface area contributed by atoms with E-state index in [4.69, 9.17) is 21.8 Å². The number of aryl methyl sites for hydroxylation is 1. The molecule has 88 valence electrons. The van der Waals surface area contributed by atoms with E-state index in [2.05, 4.69) is 5.32 Å². The summed E-state index contributed by atoms with van der Waals surface area (Å²) in [7, 11) is 0. The maximum Gasteiger partial charge on any atom is 0.291 e. The van der Waals surface area contributed by atoms with Crippen LogP contribution in [0.3, 0.4) is 0 Å². The van der Waals surface area contributed by atoms with Crippen molar-refractivity contribution in [2.45, 2.75) is 6.92 Å². The van der Waals surface area contributed by atoms with Gasteiger partial charge in [-0.1, -0.05) is 17.7 Å². The Morgan fingerprint density at radius 1 is 1.35 bits per heavy atom. The van der Waals surface area contributed by atoms with E-state index < -0.39 is 0 Å². The number of hydrogen-bond donors (Lipinski definition) is 2. The molecule has 5 heteroatoms. The van der Waals surface area contributed by atoms with Crippen molar-refractivity contribution in [2.75, 3.05) is 11.1 Å². The number of anilines is 2. The second-order valence-electron chi connectivity index (χ2n) is 3.62. The van der Waals surface area contributed by atoms with Gasteiger partial charge in [0.25, 0.3) is 5.91 Å². The van der Waals surface area contributed by atoms with Crippen LogP contribution in [0.2, 0.25) is 5.02 Å².